The lowest BCUT2D eigenvalue weighted by molar-refractivity contribution is 0.275. The van der Waals surface area contributed by atoms with E-state index in [0.29, 0.717) is 12.1 Å². The number of aromatic nitrogens is 2. The lowest BCUT2D eigenvalue weighted by Crippen LogP contribution is -2.29. The van der Waals surface area contributed by atoms with Crippen LogP contribution in [0, 0.1) is 12.8 Å². The number of hydrogen-bond donors (Lipinski definition) is 1. The van der Waals surface area contributed by atoms with E-state index in [9.17, 15) is 4.79 Å². The zero-order chi connectivity index (χ0) is 21.5. The minimum atomic E-state index is -0.0549. The maximum Gasteiger partial charge on any atom is 0.270 e. The number of benzene rings is 2. The highest BCUT2D eigenvalue weighted by molar-refractivity contribution is 5.60. The second kappa shape index (κ2) is 10.4. The first kappa shape index (κ1) is 21.3. The lowest BCUT2D eigenvalue weighted by atomic mass is 9.95. The van der Waals surface area contributed by atoms with Gasteiger partial charge in [0.2, 0.25) is 0 Å². The molecule has 1 saturated heterocycles. The molecule has 1 unspecified atom stereocenters. The van der Waals surface area contributed by atoms with Crippen LogP contribution < -0.4 is 15.6 Å². The Hall–Kier alpha value is -2.92. The zero-order valence-electron chi connectivity index (χ0n) is 18.2. The van der Waals surface area contributed by atoms with Crippen molar-refractivity contribution in [3.63, 3.8) is 0 Å². The Kier molecular flexibility index (Phi) is 7.15. The predicted molar refractivity (Wildman–Crippen MR) is 125 cm³/mol. The Balaban J connectivity index is 1.38. The Morgan fingerprint density at radius 2 is 1.94 bits per heavy atom. The molecule has 1 aliphatic heterocycles. The van der Waals surface area contributed by atoms with Gasteiger partial charge in [-0.25, -0.2) is 4.68 Å². The molecule has 1 atom stereocenters. The summed E-state index contributed by atoms with van der Waals surface area (Å²) in [5.74, 6) is 1.67. The third-order valence-corrected chi connectivity index (χ3v) is 5.90. The van der Waals surface area contributed by atoms with Gasteiger partial charge >= 0.3 is 0 Å². The molecule has 4 rings (SSSR count). The Bertz CT molecular complexity index is 1020. The summed E-state index contributed by atoms with van der Waals surface area (Å²) in [7, 11) is 0. The molecule has 1 aromatic heterocycles. The van der Waals surface area contributed by atoms with E-state index in [1.165, 1.54) is 19.3 Å². The molecule has 1 N–H and O–H groups in total. The van der Waals surface area contributed by atoms with Gasteiger partial charge in [0.05, 0.1) is 18.8 Å². The van der Waals surface area contributed by atoms with E-state index < -0.39 is 0 Å². The number of nitrogens with one attached hydrogen (secondary N) is 1. The molecule has 5 nitrogen and oxygen atoms in total. The van der Waals surface area contributed by atoms with Gasteiger partial charge in [-0.05, 0) is 87.5 Å². The summed E-state index contributed by atoms with van der Waals surface area (Å²) in [4.78, 5) is 12.5. The number of hydrogen-bond acceptors (Lipinski definition) is 4. The summed E-state index contributed by atoms with van der Waals surface area (Å²) in [6, 6.07) is 19.8. The van der Waals surface area contributed by atoms with Crippen molar-refractivity contribution in [2.75, 3.05) is 19.7 Å². The van der Waals surface area contributed by atoms with Crippen molar-refractivity contribution in [3.8, 4) is 17.0 Å². The van der Waals surface area contributed by atoms with Crippen LogP contribution in [0.15, 0.2) is 65.5 Å². The van der Waals surface area contributed by atoms with Crippen molar-refractivity contribution < 1.29 is 4.74 Å². The quantitative estimate of drug-likeness (QED) is 0.551. The Labute approximate surface area is 184 Å². The summed E-state index contributed by atoms with van der Waals surface area (Å²) in [6.07, 6.45) is 4.93. The molecular formula is C26H31N3O2. The van der Waals surface area contributed by atoms with Crippen LogP contribution in [0.5, 0.6) is 5.75 Å². The fraction of sp³-hybridized carbons (Fsp3) is 0.385. The molecule has 1 fully saturated rings. The van der Waals surface area contributed by atoms with Crippen LogP contribution >= 0.6 is 0 Å². The van der Waals surface area contributed by atoms with E-state index in [2.05, 4.69) is 10.4 Å². The smallest absolute Gasteiger partial charge is 0.270 e. The van der Waals surface area contributed by atoms with E-state index in [0.717, 1.165) is 54.6 Å². The molecule has 162 valence electrons. The van der Waals surface area contributed by atoms with Crippen molar-refractivity contribution in [1.29, 1.82) is 0 Å². The number of piperidine rings is 1. The monoisotopic (exact) mass is 417 g/mol. The van der Waals surface area contributed by atoms with Crippen molar-refractivity contribution >= 4 is 0 Å². The molecule has 0 aliphatic carbocycles. The van der Waals surface area contributed by atoms with Gasteiger partial charge in [0.15, 0.2) is 0 Å². The maximum atomic E-state index is 12.5. The first-order valence-corrected chi connectivity index (χ1v) is 11.3. The van der Waals surface area contributed by atoms with Crippen LogP contribution in [-0.2, 0) is 6.54 Å². The molecule has 31 heavy (non-hydrogen) atoms. The Morgan fingerprint density at radius 1 is 1.13 bits per heavy atom. The second-order valence-corrected chi connectivity index (χ2v) is 8.39. The topological polar surface area (TPSA) is 56.1 Å². The third kappa shape index (κ3) is 5.82. The normalized spacial score (nSPS) is 16.2. The van der Waals surface area contributed by atoms with E-state index >= 15 is 0 Å². The lowest BCUT2D eigenvalue weighted by Gasteiger charge is -2.22. The van der Waals surface area contributed by atoms with Crippen LogP contribution in [0.2, 0.25) is 0 Å². The van der Waals surface area contributed by atoms with Crippen molar-refractivity contribution in [2.24, 2.45) is 5.92 Å². The summed E-state index contributed by atoms with van der Waals surface area (Å²) in [6.45, 7) is 5.36. The highest BCUT2D eigenvalue weighted by Crippen LogP contribution is 2.22. The van der Waals surface area contributed by atoms with E-state index in [1.54, 1.807) is 4.68 Å². The van der Waals surface area contributed by atoms with Crippen LogP contribution in [-0.4, -0.2) is 29.5 Å². The van der Waals surface area contributed by atoms with Gasteiger partial charge in [0, 0.05) is 11.1 Å². The maximum absolute atomic E-state index is 12.5. The van der Waals surface area contributed by atoms with Gasteiger partial charge in [-0.1, -0.05) is 30.3 Å². The zero-order valence-corrected chi connectivity index (χ0v) is 18.2. The van der Waals surface area contributed by atoms with Crippen molar-refractivity contribution in [1.82, 2.24) is 15.1 Å². The number of ether oxygens (including phenoxy) is 1. The standard InChI is InChI=1S/C26H31N3O2/c1-20-17-25(28-29(26(20)30)19-22-7-3-2-4-8-22)23-11-13-24(14-12-23)31-16-6-10-21-9-5-15-27-18-21/h2-4,7-8,11-14,17,21,27H,5-6,9-10,15-16,18-19H2,1H3. The SMILES string of the molecule is Cc1cc(-c2ccc(OCCCC3CCCNC3)cc2)nn(Cc2ccccc2)c1=O. The fourth-order valence-electron chi connectivity index (χ4n) is 4.13. The van der Waals surface area contributed by atoms with E-state index in [1.807, 2.05) is 67.6 Å². The van der Waals surface area contributed by atoms with Crippen LogP contribution in [0.3, 0.4) is 0 Å². The van der Waals surface area contributed by atoms with Crippen LogP contribution in [0.4, 0.5) is 0 Å². The molecular weight excluding hydrogens is 386 g/mol. The third-order valence-electron chi connectivity index (χ3n) is 5.90. The van der Waals surface area contributed by atoms with Crippen LogP contribution in [0.25, 0.3) is 11.3 Å². The number of rotatable bonds is 8. The van der Waals surface area contributed by atoms with E-state index in [-0.39, 0.29) is 5.56 Å². The molecule has 0 saturated carbocycles. The van der Waals surface area contributed by atoms with E-state index in [4.69, 9.17) is 4.74 Å². The molecule has 0 amide bonds. The largest absolute Gasteiger partial charge is 0.494 e. The predicted octanol–water partition coefficient (Wildman–Crippen LogP) is 4.43. The molecule has 3 aromatic rings. The average Bonchev–Trinajstić information content (AvgIpc) is 2.81. The van der Waals surface area contributed by atoms with Crippen molar-refractivity contribution in [3.05, 3.63) is 82.1 Å². The summed E-state index contributed by atoms with van der Waals surface area (Å²) in [5.41, 5.74) is 3.47. The van der Waals surface area contributed by atoms with Gasteiger partial charge < -0.3 is 10.1 Å². The first-order chi connectivity index (χ1) is 15.2. The van der Waals surface area contributed by atoms with Gasteiger partial charge in [0.25, 0.3) is 5.56 Å². The molecule has 2 aromatic carbocycles. The molecule has 0 radical (unpaired) electrons. The molecule has 2 heterocycles. The van der Waals surface area contributed by atoms with Gasteiger partial charge in [-0.2, -0.15) is 5.10 Å². The second-order valence-electron chi connectivity index (χ2n) is 8.39. The van der Waals surface area contributed by atoms with Gasteiger partial charge in [-0.15, -0.1) is 0 Å². The summed E-state index contributed by atoms with van der Waals surface area (Å²) in [5, 5.41) is 8.08. The van der Waals surface area contributed by atoms with Crippen molar-refractivity contribution in [2.45, 2.75) is 39.2 Å². The van der Waals surface area contributed by atoms with Gasteiger partial charge in [0.1, 0.15) is 5.75 Å². The molecule has 1 aliphatic rings. The average molecular weight is 418 g/mol. The van der Waals surface area contributed by atoms with Crippen LogP contribution in [0.1, 0.15) is 36.8 Å². The first-order valence-electron chi connectivity index (χ1n) is 11.3. The summed E-state index contributed by atoms with van der Waals surface area (Å²) >= 11 is 0. The highest BCUT2D eigenvalue weighted by Gasteiger charge is 2.12. The fourth-order valence-corrected chi connectivity index (χ4v) is 4.13. The molecule has 5 heteroatoms. The minimum Gasteiger partial charge on any atom is -0.494 e. The minimum absolute atomic E-state index is 0.0549. The summed E-state index contributed by atoms with van der Waals surface area (Å²) < 4.78 is 7.48. The number of nitrogens with zero attached hydrogens (tertiary/aromatic N) is 2. The van der Waals surface area contributed by atoms with Gasteiger partial charge in [-0.3, -0.25) is 4.79 Å². The molecule has 0 bridgehead atoms. The highest BCUT2D eigenvalue weighted by atomic mass is 16.5. The number of aryl methyl sites for hydroxylation is 1. The Morgan fingerprint density at radius 3 is 2.68 bits per heavy atom. The molecule has 0 spiro atoms.